The zero-order valence-corrected chi connectivity index (χ0v) is 11.2. The van der Waals surface area contributed by atoms with Crippen LogP contribution in [-0.2, 0) is 4.79 Å². The molecule has 1 aliphatic rings. The van der Waals surface area contributed by atoms with Gasteiger partial charge in [0.25, 0.3) is 0 Å². The van der Waals surface area contributed by atoms with Gasteiger partial charge in [0.1, 0.15) is 0 Å². The Hall–Kier alpha value is -1.88. The van der Waals surface area contributed by atoms with Gasteiger partial charge in [0.05, 0.1) is 23.0 Å². The van der Waals surface area contributed by atoms with Gasteiger partial charge in [0.2, 0.25) is 5.91 Å². The molecule has 1 amide bonds. The fraction of sp³-hybridized carbons (Fsp3) is 0.286. The number of benzene rings is 1. The Morgan fingerprint density at radius 1 is 1.74 bits per heavy atom. The topological polar surface area (TPSA) is 45.2 Å². The molecule has 0 saturated carbocycles. The SMILES string of the molecule is [3H]c1cc2scnc2cc1N1CCC(C(=O)NC=C)C1. The van der Waals surface area contributed by atoms with E-state index in [1.807, 2.05) is 12.1 Å². The summed E-state index contributed by atoms with van der Waals surface area (Å²) in [6.07, 6.45) is 2.22. The largest absolute Gasteiger partial charge is 0.371 e. The summed E-state index contributed by atoms with van der Waals surface area (Å²) in [5, 5.41) is 2.64. The summed E-state index contributed by atoms with van der Waals surface area (Å²) in [6.45, 7) is 4.94. The van der Waals surface area contributed by atoms with E-state index >= 15 is 0 Å². The third-order valence-corrected chi connectivity index (χ3v) is 4.18. The molecule has 5 heteroatoms. The highest BCUT2D eigenvalue weighted by Crippen LogP contribution is 2.28. The summed E-state index contributed by atoms with van der Waals surface area (Å²) in [5.74, 6) is -0.0395. The molecule has 1 aromatic heterocycles. The molecule has 4 nitrogen and oxygen atoms in total. The van der Waals surface area contributed by atoms with Crippen molar-refractivity contribution >= 4 is 33.1 Å². The van der Waals surface area contributed by atoms with E-state index in [0.29, 0.717) is 12.6 Å². The molecule has 0 spiro atoms. The maximum absolute atomic E-state index is 11.8. The van der Waals surface area contributed by atoms with Crippen LogP contribution < -0.4 is 10.2 Å². The van der Waals surface area contributed by atoms with Crippen molar-refractivity contribution in [2.45, 2.75) is 6.42 Å². The normalized spacial score (nSPS) is 19.5. The maximum atomic E-state index is 11.8. The average molecular weight is 275 g/mol. The van der Waals surface area contributed by atoms with Gasteiger partial charge in [-0.05, 0) is 30.8 Å². The van der Waals surface area contributed by atoms with Crippen LogP contribution in [0.2, 0.25) is 0 Å². The first-order valence-electron chi connectivity index (χ1n) is 6.69. The summed E-state index contributed by atoms with van der Waals surface area (Å²) in [6, 6.07) is 4.29. The number of amides is 1. The van der Waals surface area contributed by atoms with Crippen LogP contribution >= 0.6 is 11.3 Å². The molecule has 1 unspecified atom stereocenters. The number of carbonyl (C=O) groups is 1. The van der Waals surface area contributed by atoms with Crippen molar-refractivity contribution in [2.75, 3.05) is 18.0 Å². The number of aromatic nitrogens is 1. The van der Waals surface area contributed by atoms with Crippen molar-refractivity contribution < 1.29 is 6.17 Å². The minimum absolute atomic E-state index is 0.00349. The molecule has 1 aliphatic heterocycles. The first-order valence-corrected chi connectivity index (χ1v) is 7.07. The van der Waals surface area contributed by atoms with E-state index < -0.39 is 0 Å². The van der Waals surface area contributed by atoms with E-state index in [-0.39, 0.29) is 11.8 Å². The van der Waals surface area contributed by atoms with Gasteiger partial charge in [0.15, 0.2) is 0 Å². The zero-order chi connectivity index (χ0) is 14.1. The lowest BCUT2D eigenvalue weighted by Gasteiger charge is -2.18. The third kappa shape index (κ3) is 2.33. The summed E-state index contributed by atoms with van der Waals surface area (Å²) in [7, 11) is 0. The molecule has 2 heterocycles. The number of thiazole rings is 1. The number of hydrogen-bond donors (Lipinski definition) is 1. The van der Waals surface area contributed by atoms with Crippen LogP contribution in [-0.4, -0.2) is 24.0 Å². The molecule has 0 aliphatic carbocycles. The van der Waals surface area contributed by atoms with Gasteiger partial charge < -0.3 is 10.2 Å². The molecule has 19 heavy (non-hydrogen) atoms. The highest BCUT2D eigenvalue weighted by Gasteiger charge is 2.28. The van der Waals surface area contributed by atoms with Crippen LogP contribution in [0, 0.1) is 5.92 Å². The summed E-state index contributed by atoms with van der Waals surface area (Å²) in [4.78, 5) is 18.2. The summed E-state index contributed by atoms with van der Waals surface area (Å²) in [5.41, 5.74) is 3.57. The van der Waals surface area contributed by atoms with Crippen molar-refractivity contribution in [2.24, 2.45) is 5.92 Å². The second-order valence-corrected chi connectivity index (χ2v) is 5.45. The first-order chi connectivity index (χ1) is 9.69. The molecular formula is C14H15N3OS. The van der Waals surface area contributed by atoms with Gasteiger partial charge in [-0.25, -0.2) is 4.98 Å². The van der Waals surface area contributed by atoms with Crippen molar-refractivity contribution in [1.29, 1.82) is 0 Å². The molecule has 2 aromatic rings. The van der Waals surface area contributed by atoms with Gasteiger partial charge in [-0.3, -0.25) is 4.79 Å². The highest BCUT2D eigenvalue weighted by molar-refractivity contribution is 7.16. The van der Waals surface area contributed by atoms with Crippen LogP contribution in [0.4, 0.5) is 5.69 Å². The minimum Gasteiger partial charge on any atom is -0.371 e. The number of fused-ring (bicyclic) bond motifs is 1. The predicted octanol–water partition coefficient (Wildman–Crippen LogP) is 2.38. The maximum Gasteiger partial charge on any atom is 0.228 e. The van der Waals surface area contributed by atoms with Crippen molar-refractivity contribution in [3.05, 3.63) is 36.5 Å². The van der Waals surface area contributed by atoms with Crippen molar-refractivity contribution in [1.82, 2.24) is 10.3 Å². The van der Waals surface area contributed by atoms with E-state index in [1.165, 1.54) is 17.5 Å². The minimum atomic E-state index is -0.0430. The molecule has 0 bridgehead atoms. The van der Waals surface area contributed by atoms with Crippen LogP contribution in [0.25, 0.3) is 10.2 Å². The Morgan fingerprint density at radius 3 is 3.47 bits per heavy atom. The predicted molar refractivity (Wildman–Crippen MR) is 78.3 cm³/mol. The van der Waals surface area contributed by atoms with E-state index in [1.54, 1.807) is 5.51 Å². The van der Waals surface area contributed by atoms with E-state index in [2.05, 4.69) is 21.8 Å². The number of rotatable bonds is 3. The summed E-state index contributed by atoms with van der Waals surface area (Å²) >= 11 is 1.54. The monoisotopic (exact) mass is 275 g/mol. The fourth-order valence-corrected chi connectivity index (χ4v) is 3.02. The quantitative estimate of drug-likeness (QED) is 0.935. The van der Waals surface area contributed by atoms with Crippen LogP contribution in [0.15, 0.2) is 36.5 Å². The number of nitrogens with one attached hydrogen (secondary N) is 1. The molecular weight excluding hydrogens is 258 g/mol. The molecule has 0 radical (unpaired) electrons. The Kier molecular flexibility index (Phi) is 2.90. The molecule has 3 rings (SSSR count). The van der Waals surface area contributed by atoms with E-state index in [4.69, 9.17) is 1.37 Å². The smallest absolute Gasteiger partial charge is 0.228 e. The highest BCUT2D eigenvalue weighted by atomic mass is 32.1. The lowest BCUT2D eigenvalue weighted by molar-refractivity contribution is -0.123. The number of hydrogen-bond acceptors (Lipinski definition) is 4. The second kappa shape index (κ2) is 5.01. The lowest BCUT2D eigenvalue weighted by atomic mass is 10.1. The number of carbonyl (C=O) groups excluding carboxylic acids is 1. The van der Waals surface area contributed by atoms with Crippen molar-refractivity contribution in [3.63, 3.8) is 0 Å². The zero-order valence-electron chi connectivity index (χ0n) is 11.4. The van der Waals surface area contributed by atoms with Crippen LogP contribution in [0.1, 0.15) is 7.79 Å². The fourth-order valence-electron chi connectivity index (χ4n) is 2.39. The standard InChI is InChI=1S/C14H15N3OS/c1-2-15-14(18)10-5-6-17(8-10)11-3-4-13-12(7-11)16-9-19-13/h2-4,7,9-10H,1,5-6,8H2,(H,15,18)/i3T. The first kappa shape index (κ1) is 11.0. The Balaban J connectivity index is 1.83. The molecule has 1 N–H and O–H groups in total. The van der Waals surface area contributed by atoms with Crippen LogP contribution in [0.5, 0.6) is 0 Å². The molecule has 1 fully saturated rings. The molecule has 1 aromatic carbocycles. The van der Waals surface area contributed by atoms with E-state index in [0.717, 1.165) is 28.9 Å². The van der Waals surface area contributed by atoms with Gasteiger partial charge in [0, 0.05) is 18.8 Å². The Labute approximate surface area is 117 Å². The van der Waals surface area contributed by atoms with Gasteiger partial charge >= 0.3 is 0 Å². The van der Waals surface area contributed by atoms with Gasteiger partial charge in [-0.15, -0.1) is 11.3 Å². The summed E-state index contributed by atoms with van der Waals surface area (Å²) < 4.78 is 9.16. The van der Waals surface area contributed by atoms with Gasteiger partial charge in [-0.1, -0.05) is 6.58 Å². The Bertz CT molecular complexity index is 669. The number of nitrogens with zero attached hydrogens (tertiary/aromatic N) is 2. The average Bonchev–Trinajstić information content (AvgIpc) is 3.05. The Morgan fingerprint density at radius 2 is 2.63 bits per heavy atom. The second-order valence-electron chi connectivity index (χ2n) is 4.56. The van der Waals surface area contributed by atoms with Crippen LogP contribution in [0.3, 0.4) is 0 Å². The molecule has 1 saturated heterocycles. The molecule has 1 atom stereocenters. The number of anilines is 1. The molecule has 98 valence electrons. The lowest BCUT2D eigenvalue weighted by Crippen LogP contribution is -2.29. The van der Waals surface area contributed by atoms with E-state index in [9.17, 15) is 4.79 Å². The third-order valence-electron chi connectivity index (χ3n) is 3.39. The van der Waals surface area contributed by atoms with Crippen molar-refractivity contribution in [3.8, 4) is 0 Å². The van der Waals surface area contributed by atoms with Gasteiger partial charge in [-0.2, -0.15) is 0 Å².